The maximum Gasteiger partial charge on any atom is 0.341 e. The lowest BCUT2D eigenvalue weighted by Gasteiger charge is -2.13. The van der Waals surface area contributed by atoms with E-state index >= 15 is 0 Å². The molecule has 0 aliphatic carbocycles. The third-order valence-corrected chi connectivity index (χ3v) is 3.26. The Morgan fingerprint density at radius 1 is 1.43 bits per heavy atom. The smallest absolute Gasteiger partial charge is 0.341 e. The van der Waals surface area contributed by atoms with Gasteiger partial charge in [0, 0.05) is 31.6 Å². The van der Waals surface area contributed by atoms with Crippen LogP contribution in [0.5, 0.6) is 0 Å². The molecule has 0 fully saturated rings. The van der Waals surface area contributed by atoms with E-state index in [-0.39, 0.29) is 10.9 Å². The van der Waals surface area contributed by atoms with Gasteiger partial charge in [0.05, 0.1) is 10.9 Å². The molecule has 21 heavy (non-hydrogen) atoms. The van der Waals surface area contributed by atoms with Gasteiger partial charge >= 0.3 is 5.97 Å². The minimum absolute atomic E-state index is 0.258. The maximum absolute atomic E-state index is 12.2. The molecule has 1 aromatic heterocycles. The predicted octanol–water partition coefficient (Wildman–Crippen LogP) is 1.71. The minimum Gasteiger partial charge on any atom is -0.477 e. The molecule has 0 aliphatic rings. The third kappa shape index (κ3) is 3.05. The third-order valence-electron chi connectivity index (χ3n) is 3.26. The molecule has 6 heteroatoms. The molecular weight excluding hydrogens is 272 g/mol. The lowest BCUT2D eigenvalue weighted by molar-refractivity contribution is 0.0695. The number of nitrogens with zero attached hydrogens (tertiary/aromatic N) is 1. The summed E-state index contributed by atoms with van der Waals surface area (Å²) < 4.78 is 7.02. The fourth-order valence-corrected chi connectivity index (χ4v) is 2.28. The van der Waals surface area contributed by atoms with Crippen molar-refractivity contribution < 1.29 is 14.6 Å². The molecular formula is C15H18N2O4. The SMILES string of the molecule is CCOCCCn1cc(C(=O)O)c(=O)c2c(N)cccc21. The van der Waals surface area contributed by atoms with E-state index in [1.165, 1.54) is 6.20 Å². The topological polar surface area (TPSA) is 94.5 Å². The first-order chi connectivity index (χ1) is 10.1. The molecule has 1 heterocycles. The van der Waals surface area contributed by atoms with Crippen LogP contribution in [0.1, 0.15) is 23.7 Å². The van der Waals surface area contributed by atoms with Crippen LogP contribution in [0, 0.1) is 0 Å². The Labute approximate surface area is 121 Å². The van der Waals surface area contributed by atoms with Crippen molar-refractivity contribution in [3.63, 3.8) is 0 Å². The van der Waals surface area contributed by atoms with Gasteiger partial charge in [-0.2, -0.15) is 0 Å². The van der Waals surface area contributed by atoms with Crippen LogP contribution in [-0.2, 0) is 11.3 Å². The van der Waals surface area contributed by atoms with E-state index in [1.54, 1.807) is 22.8 Å². The van der Waals surface area contributed by atoms with Gasteiger partial charge in [-0.15, -0.1) is 0 Å². The number of rotatable bonds is 6. The Kier molecular flexibility index (Phi) is 4.59. The van der Waals surface area contributed by atoms with E-state index in [0.29, 0.717) is 31.0 Å². The molecule has 0 unspecified atom stereocenters. The highest BCUT2D eigenvalue weighted by molar-refractivity contribution is 5.97. The summed E-state index contributed by atoms with van der Waals surface area (Å²) in [6, 6.07) is 5.11. The molecule has 0 aliphatic heterocycles. The van der Waals surface area contributed by atoms with E-state index in [9.17, 15) is 14.7 Å². The highest BCUT2D eigenvalue weighted by Gasteiger charge is 2.15. The fraction of sp³-hybridized carbons (Fsp3) is 0.333. The molecule has 2 rings (SSSR count). The Bertz CT molecular complexity index is 721. The molecule has 0 radical (unpaired) electrons. The summed E-state index contributed by atoms with van der Waals surface area (Å²) in [5, 5.41) is 9.43. The van der Waals surface area contributed by atoms with Crippen molar-refractivity contribution in [2.75, 3.05) is 18.9 Å². The highest BCUT2D eigenvalue weighted by atomic mass is 16.5. The van der Waals surface area contributed by atoms with Gasteiger partial charge in [0.2, 0.25) is 5.43 Å². The number of nitrogens with two attached hydrogens (primary N) is 1. The Hall–Kier alpha value is -2.34. The summed E-state index contributed by atoms with van der Waals surface area (Å²) in [4.78, 5) is 23.4. The normalized spacial score (nSPS) is 10.9. The zero-order chi connectivity index (χ0) is 15.4. The highest BCUT2D eigenvalue weighted by Crippen LogP contribution is 2.18. The quantitative estimate of drug-likeness (QED) is 0.624. The van der Waals surface area contributed by atoms with Gasteiger partial charge in [-0.25, -0.2) is 4.79 Å². The van der Waals surface area contributed by atoms with E-state index in [0.717, 1.165) is 6.42 Å². The lowest BCUT2D eigenvalue weighted by atomic mass is 10.1. The van der Waals surface area contributed by atoms with Crippen molar-refractivity contribution in [2.45, 2.75) is 19.9 Å². The zero-order valence-corrected chi connectivity index (χ0v) is 11.8. The van der Waals surface area contributed by atoms with Gasteiger partial charge in [-0.05, 0) is 25.5 Å². The van der Waals surface area contributed by atoms with Crippen LogP contribution in [0.3, 0.4) is 0 Å². The van der Waals surface area contributed by atoms with E-state index in [2.05, 4.69) is 0 Å². The number of aromatic carboxylic acids is 1. The second-order valence-electron chi connectivity index (χ2n) is 4.66. The molecule has 0 bridgehead atoms. The summed E-state index contributed by atoms with van der Waals surface area (Å²) in [5.41, 5.74) is 5.96. The number of anilines is 1. The summed E-state index contributed by atoms with van der Waals surface area (Å²) in [6.07, 6.45) is 2.10. The van der Waals surface area contributed by atoms with Crippen molar-refractivity contribution in [1.82, 2.24) is 4.57 Å². The van der Waals surface area contributed by atoms with Crippen LogP contribution in [0.15, 0.2) is 29.2 Å². The van der Waals surface area contributed by atoms with Gasteiger partial charge in [-0.3, -0.25) is 4.79 Å². The Morgan fingerprint density at radius 3 is 2.86 bits per heavy atom. The number of hydrogen-bond donors (Lipinski definition) is 2. The van der Waals surface area contributed by atoms with Crippen LogP contribution in [-0.4, -0.2) is 28.9 Å². The predicted molar refractivity (Wildman–Crippen MR) is 80.7 cm³/mol. The molecule has 0 saturated heterocycles. The first-order valence-electron chi connectivity index (χ1n) is 6.79. The number of carbonyl (C=O) groups is 1. The van der Waals surface area contributed by atoms with Crippen LogP contribution in [0.2, 0.25) is 0 Å². The van der Waals surface area contributed by atoms with Crippen LogP contribution < -0.4 is 11.2 Å². The number of carboxylic acids is 1. The molecule has 6 nitrogen and oxygen atoms in total. The first kappa shape index (κ1) is 15.1. The number of pyridine rings is 1. The number of aromatic nitrogens is 1. The van der Waals surface area contributed by atoms with E-state index < -0.39 is 11.4 Å². The number of fused-ring (bicyclic) bond motifs is 1. The van der Waals surface area contributed by atoms with Gasteiger partial charge < -0.3 is 20.1 Å². The van der Waals surface area contributed by atoms with Crippen molar-refractivity contribution in [2.24, 2.45) is 0 Å². The van der Waals surface area contributed by atoms with Crippen molar-refractivity contribution in [3.8, 4) is 0 Å². The van der Waals surface area contributed by atoms with Gasteiger partial charge in [-0.1, -0.05) is 6.07 Å². The fourth-order valence-electron chi connectivity index (χ4n) is 2.28. The number of carboxylic acid groups (broad SMARTS) is 1. The molecule has 0 atom stereocenters. The number of benzene rings is 1. The number of nitrogen functional groups attached to an aromatic ring is 1. The van der Waals surface area contributed by atoms with Crippen molar-refractivity contribution >= 4 is 22.6 Å². The van der Waals surface area contributed by atoms with Gasteiger partial charge in [0.15, 0.2) is 0 Å². The maximum atomic E-state index is 12.2. The van der Waals surface area contributed by atoms with Crippen LogP contribution in [0.4, 0.5) is 5.69 Å². The Balaban J connectivity index is 2.53. The first-order valence-corrected chi connectivity index (χ1v) is 6.79. The molecule has 0 amide bonds. The number of ether oxygens (including phenoxy) is 1. The number of aryl methyl sites for hydroxylation is 1. The number of hydrogen-bond acceptors (Lipinski definition) is 4. The largest absolute Gasteiger partial charge is 0.477 e. The summed E-state index contributed by atoms with van der Waals surface area (Å²) >= 11 is 0. The van der Waals surface area contributed by atoms with E-state index in [4.69, 9.17) is 10.5 Å². The molecule has 2 aromatic rings. The lowest BCUT2D eigenvalue weighted by Crippen LogP contribution is -2.20. The summed E-state index contributed by atoms with van der Waals surface area (Å²) in [6.45, 7) is 3.69. The molecule has 1 aromatic carbocycles. The second-order valence-corrected chi connectivity index (χ2v) is 4.66. The molecule has 112 valence electrons. The van der Waals surface area contributed by atoms with Gasteiger partial charge in [0.1, 0.15) is 5.56 Å². The van der Waals surface area contributed by atoms with E-state index in [1.807, 2.05) is 6.92 Å². The van der Waals surface area contributed by atoms with Crippen molar-refractivity contribution in [3.05, 3.63) is 40.2 Å². The molecule has 3 N–H and O–H groups in total. The zero-order valence-electron chi connectivity index (χ0n) is 11.8. The van der Waals surface area contributed by atoms with Gasteiger partial charge in [0.25, 0.3) is 0 Å². The monoisotopic (exact) mass is 290 g/mol. The van der Waals surface area contributed by atoms with Crippen LogP contribution in [0.25, 0.3) is 10.9 Å². The average molecular weight is 290 g/mol. The Morgan fingerprint density at radius 2 is 2.19 bits per heavy atom. The summed E-state index contributed by atoms with van der Waals surface area (Å²) in [5.74, 6) is -1.25. The minimum atomic E-state index is -1.25. The van der Waals surface area contributed by atoms with Crippen LogP contribution >= 0.6 is 0 Å². The average Bonchev–Trinajstić information content (AvgIpc) is 2.45. The van der Waals surface area contributed by atoms with Crippen molar-refractivity contribution in [1.29, 1.82) is 0 Å². The molecule has 0 spiro atoms. The molecule has 0 saturated carbocycles. The summed E-state index contributed by atoms with van der Waals surface area (Å²) in [7, 11) is 0. The second kappa shape index (κ2) is 6.41. The standard InChI is InChI=1S/C15H18N2O4/c1-2-21-8-4-7-17-9-10(15(19)20)14(18)13-11(16)5-3-6-12(13)17/h3,5-6,9H,2,4,7-8,16H2,1H3,(H,19,20).